The molecule has 0 saturated carbocycles. The molecule has 26 heavy (non-hydrogen) atoms. The first-order chi connectivity index (χ1) is 12.4. The summed E-state index contributed by atoms with van der Waals surface area (Å²) in [6.45, 7) is 3.64. The number of esters is 4. The third kappa shape index (κ3) is 5.58. The summed E-state index contributed by atoms with van der Waals surface area (Å²) in [5.41, 5.74) is 0.517. The largest absolute Gasteiger partial charge is 0.462 e. The summed E-state index contributed by atoms with van der Waals surface area (Å²) in [6, 6.07) is 6.46. The number of carbonyl (C=O) groups excluding carboxylic acids is 4. The van der Waals surface area contributed by atoms with E-state index >= 15 is 0 Å². The molecular formula is C18H20O8. The van der Waals surface area contributed by atoms with E-state index in [4.69, 9.17) is 18.9 Å². The maximum atomic E-state index is 11.6. The van der Waals surface area contributed by atoms with Crippen LogP contribution in [0.3, 0.4) is 0 Å². The fourth-order valence-corrected chi connectivity index (χ4v) is 2.19. The summed E-state index contributed by atoms with van der Waals surface area (Å²) in [4.78, 5) is 44.6. The topological polar surface area (TPSA) is 105 Å². The van der Waals surface area contributed by atoms with Crippen LogP contribution in [-0.4, -0.2) is 49.3 Å². The Labute approximate surface area is 150 Å². The molecule has 8 nitrogen and oxygen atoms in total. The molecule has 1 fully saturated rings. The number of carbonyl (C=O) groups is 4. The molecule has 0 bridgehead atoms. The number of rotatable bonds is 0. The van der Waals surface area contributed by atoms with Crippen LogP contribution in [0, 0.1) is 0 Å². The number of benzene rings is 1. The van der Waals surface area contributed by atoms with Crippen LogP contribution in [0.25, 0.3) is 0 Å². The molecule has 2 aliphatic heterocycles. The number of ether oxygens (including phenoxy) is 4. The minimum Gasteiger partial charge on any atom is -0.462 e. The van der Waals surface area contributed by atoms with E-state index in [0.717, 1.165) is 0 Å². The van der Waals surface area contributed by atoms with Crippen molar-refractivity contribution in [3.8, 4) is 0 Å². The van der Waals surface area contributed by atoms with Crippen LogP contribution in [0.15, 0.2) is 24.3 Å². The highest BCUT2D eigenvalue weighted by Gasteiger charge is 2.24. The third-order valence-electron chi connectivity index (χ3n) is 3.47. The number of hydrogen-bond acceptors (Lipinski definition) is 8. The summed E-state index contributed by atoms with van der Waals surface area (Å²) < 4.78 is 19.6. The van der Waals surface area contributed by atoms with E-state index in [1.807, 2.05) is 0 Å². The summed E-state index contributed by atoms with van der Waals surface area (Å²) in [5, 5.41) is 0. The highest BCUT2D eigenvalue weighted by atomic mass is 16.6. The maximum Gasteiger partial charge on any atom is 0.339 e. The minimum absolute atomic E-state index is 0.0961. The fourth-order valence-electron chi connectivity index (χ4n) is 2.19. The van der Waals surface area contributed by atoms with Crippen molar-refractivity contribution in [3.63, 3.8) is 0 Å². The van der Waals surface area contributed by atoms with Crippen LogP contribution in [-0.2, 0) is 28.5 Å². The zero-order valence-electron chi connectivity index (χ0n) is 14.6. The first kappa shape index (κ1) is 19.4. The van der Waals surface area contributed by atoms with E-state index in [0.29, 0.717) is 0 Å². The van der Waals surface area contributed by atoms with Crippen LogP contribution in [0.4, 0.5) is 0 Å². The second-order valence-corrected chi connectivity index (χ2v) is 5.84. The smallest absolute Gasteiger partial charge is 0.339 e. The van der Waals surface area contributed by atoms with Gasteiger partial charge in [0.05, 0.1) is 24.0 Å². The quantitative estimate of drug-likeness (QED) is 0.505. The summed E-state index contributed by atoms with van der Waals surface area (Å²) >= 11 is 0. The fraction of sp³-hybridized carbons (Fsp3) is 0.444. The summed E-state index contributed by atoms with van der Waals surface area (Å²) in [7, 11) is 0. The standard InChI is InChI=1S/C11H10O4.C7H10O4/c1-7-6-14-10(12)8-4-2-3-5-9(8)11(13)15-7;1-5-4-10-6(8)2-3-7(9)11-5/h2-5,7H,6H2,1H3;5H,2-4H2,1H3. The van der Waals surface area contributed by atoms with E-state index in [2.05, 4.69) is 0 Å². The van der Waals surface area contributed by atoms with Gasteiger partial charge in [0.2, 0.25) is 0 Å². The van der Waals surface area contributed by atoms with E-state index in [9.17, 15) is 19.2 Å². The predicted octanol–water partition coefficient (Wildman–Crippen LogP) is 1.66. The average Bonchev–Trinajstić information content (AvgIpc) is 2.61. The lowest BCUT2D eigenvalue weighted by Gasteiger charge is -2.18. The van der Waals surface area contributed by atoms with Crippen molar-refractivity contribution in [2.24, 2.45) is 0 Å². The second-order valence-electron chi connectivity index (χ2n) is 5.84. The minimum atomic E-state index is -0.478. The van der Waals surface area contributed by atoms with Gasteiger partial charge in [0.15, 0.2) is 0 Å². The van der Waals surface area contributed by atoms with Crippen LogP contribution < -0.4 is 0 Å². The molecule has 2 aliphatic rings. The van der Waals surface area contributed by atoms with Gasteiger partial charge in [0, 0.05) is 0 Å². The van der Waals surface area contributed by atoms with E-state index in [1.165, 1.54) is 0 Å². The lowest BCUT2D eigenvalue weighted by molar-refractivity contribution is -0.164. The summed E-state index contributed by atoms with van der Waals surface area (Å²) in [6.07, 6.45) is -0.462. The highest BCUT2D eigenvalue weighted by molar-refractivity contribution is 6.03. The van der Waals surface area contributed by atoms with Crippen molar-refractivity contribution >= 4 is 23.9 Å². The average molecular weight is 364 g/mol. The first-order valence-electron chi connectivity index (χ1n) is 8.19. The lowest BCUT2D eigenvalue weighted by Crippen LogP contribution is -2.27. The van der Waals surface area contributed by atoms with Crippen molar-refractivity contribution in [1.82, 2.24) is 0 Å². The van der Waals surface area contributed by atoms with Crippen LogP contribution in [0.5, 0.6) is 0 Å². The van der Waals surface area contributed by atoms with E-state index in [-0.39, 0.29) is 55.2 Å². The molecule has 2 heterocycles. The molecule has 2 atom stereocenters. The molecule has 1 saturated heterocycles. The summed E-state index contributed by atoms with van der Waals surface area (Å²) in [5.74, 6) is -1.61. The Morgan fingerprint density at radius 1 is 0.731 bits per heavy atom. The monoisotopic (exact) mass is 364 g/mol. The third-order valence-corrected chi connectivity index (χ3v) is 3.47. The SMILES string of the molecule is CC1COC(=O)CCC(=O)O1.CC1COC(=O)c2ccccc2C(=O)O1. The Morgan fingerprint density at radius 3 is 1.96 bits per heavy atom. The number of fused-ring (bicyclic) bond motifs is 1. The Bertz CT molecular complexity index is 696. The van der Waals surface area contributed by atoms with Gasteiger partial charge in [-0.3, -0.25) is 9.59 Å². The van der Waals surface area contributed by atoms with Crippen molar-refractivity contribution < 1.29 is 38.1 Å². The van der Waals surface area contributed by atoms with Gasteiger partial charge in [-0.2, -0.15) is 0 Å². The van der Waals surface area contributed by atoms with E-state index in [1.54, 1.807) is 38.1 Å². The van der Waals surface area contributed by atoms with Crippen molar-refractivity contribution in [2.45, 2.75) is 38.9 Å². The second kappa shape index (κ2) is 8.98. The lowest BCUT2D eigenvalue weighted by atomic mass is 10.1. The number of cyclic esters (lactones) is 4. The molecule has 3 rings (SSSR count). The predicted molar refractivity (Wildman–Crippen MR) is 87.3 cm³/mol. The normalized spacial score (nSPS) is 23.2. The Hall–Kier alpha value is -2.90. The Kier molecular flexibility index (Phi) is 6.71. The van der Waals surface area contributed by atoms with Crippen LogP contribution >= 0.6 is 0 Å². The molecule has 0 amide bonds. The zero-order valence-corrected chi connectivity index (χ0v) is 14.6. The van der Waals surface area contributed by atoms with Crippen molar-refractivity contribution in [2.75, 3.05) is 13.2 Å². The molecule has 8 heteroatoms. The van der Waals surface area contributed by atoms with Gasteiger partial charge in [0.25, 0.3) is 0 Å². The van der Waals surface area contributed by atoms with Crippen LogP contribution in [0.2, 0.25) is 0 Å². The molecule has 0 aliphatic carbocycles. The molecule has 0 radical (unpaired) electrons. The van der Waals surface area contributed by atoms with Gasteiger partial charge in [-0.25, -0.2) is 9.59 Å². The maximum absolute atomic E-state index is 11.6. The Morgan fingerprint density at radius 2 is 1.27 bits per heavy atom. The molecule has 0 aromatic heterocycles. The molecule has 1 aromatic carbocycles. The highest BCUT2D eigenvalue weighted by Crippen LogP contribution is 2.15. The first-order valence-corrected chi connectivity index (χ1v) is 8.19. The van der Waals surface area contributed by atoms with Crippen molar-refractivity contribution in [3.05, 3.63) is 35.4 Å². The number of hydrogen-bond donors (Lipinski definition) is 0. The molecule has 0 N–H and O–H groups in total. The molecule has 0 spiro atoms. The van der Waals surface area contributed by atoms with Gasteiger partial charge in [-0.05, 0) is 26.0 Å². The van der Waals surface area contributed by atoms with E-state index < -0.39 is 18.0 Å². The van der Waals surface area contributed by atoms with Gasteiger partial charge in [0.1, 0.15) is 25.4 Å². The van der Waals surface area contributed by atoms with Gasteiger partial charge < -0.3 is 18.9 Å². The zero-order chi connectivity index (χ0) is 19.1. The molecule has 140 valence electrons. The van der Waals surface area contributed by atoms with Gasteiger partial charge in [-0.1, -0.05) is 12.1 Å². The molecule has 1 aromatic rings. The van der Waals surface area contributed by atoms with Crippen LogP contribution in [0.1, 0.15) is 47.4 Å². The van der Waals surface area contributed by atoms with Gasteiger partial charge in [-0.15, -0.1) is 0 Å². The molecule has 2 unspecified atom stereocenters. The van der Waals surface area contributed by atoms with Gasteiger partial charge >= 0.3 is 23.9 Å². The van der Waals surface area contributed by atoms with Crippen molar-refractivity contribution in [1.29, 1.82) is 0 Å². The Balaban J connectivity index is 0.000000197. The molecular weight excluding hydrogens is 344 g/mol.